The molecule has 7 amide bonds. The number of aromatic hydroxyl groups is 1. The fraction of sp³-hybridized carbons (Fsp3) is 0.545. The Hall–Kier alpha value is -5.56. The number of amides is 7. The molecule has 318 valence electrons. The molecule has 57 heavy (non-hydrogen) atoms. The quantitative estimate of drug-likeness (QED) is 0.0413. The summed E-state index contributed by atoms with van der Waals surface area (Å²) >= 11 is 1.28. The summed E-state index contributed by atoms with van der Waals surface area (Å²) in [5.41, 5.74) is 11.2. The van der Waals surface area contributed by atoms with Crippen LogP contribution in [0.5, 0.6) is 5.75 Å². The number of hydrogen-bond acceptors (Lipinski definition) is 15. The molecule has 1 aromatic rings. The number of aliphatic carboxylic acids is 2. The van der Waals surface area contributed by atoms with Crippen LogP contribution in [0.25, 0.3) is 0 Å². The van der Waals surface area contributed by atoms with Crippen LogP contribution < -0.4 is 43.4 Å². The Labute approximate surface area is 330 Å². The predicted octanol–water partition coefficient (Wildman–Crippen LogP) is -5.89. The number of aliphatic hydroxyl groups excluding tert-OH is 3. The summed E-state index contributed by atoms with van der Waals surface area (Å²) in [6.45, 7) is -0.950. The average molecular weight is 831 g/mol. The maximum Gasteiger partial charge on any atom is 0.328 e. The molecule has 24 heteroatoms. The van der Waals surface area contributed by atoms with E-state index in [1.54, 1.807) is 6.26 Å². The molecule has 0 bridgehead atoms. The van der Waals surface area contributed by atoms with Crippen LogP contribution in [0.2, 0.25) is 0 Å². The van der Waals surface area contributed by atoms with E-state index in [9.17, 15) is 63.6 Å². The van der Waals surface area contributed by atoms with Gasteiger partial charge in [0, 0.05) is 12.8 Å². The van der Waals surface area contributed by atoms with Crippen molar-refractivity contribution >= 4 is 65.1 Å². The van der Waals surface area contributed by atoms with Crippen molar-refractivity contribution in [3.63, 3.8) is 0 Å². The van der Waals surface area contributed by atoms with Gasteiger partial charge in [0.15, 0.2) is 0 Å². The van der Waals surface area contributed by atoms with Crippen LogP contribution in [0.15, 0.2) is 24.3 Å². The Balaban J connectivity index is 3.44. The first kappa shape index (κ1) is 49.5. The minimum Gasteiger partial charge on any atom is -0.508 e. The number of rotatable bonds is 26. The second-order valence-corrected chi connectivity index (χ2v) is 13.6. The van der Waals surface area contributed by atoms with Crippen LogP contribution in [0.3, 0.4) is 0 Å². The first-order valence-electron chi connectivity index (χ1n) is 17.2. The van der Waals surface area contributed by atoms with Gasteiger partial charge in [0.1, 0.15) is 42.0 Å². The maximum absolute atomic E-state index is 13.9. The number of carboxylic acids is 2. The second-order valence-electron chi connectivity index (χ2n) is 12.6. The van der Waals surface area contributed by atoms with Gasteiger partial charge in [-0.05, 0) is 49.5 Å². The number of carboxylic acid groups (broad SMARTS) is 2. The molecule has 0 saturated carbocycles. The highest BCUT2D eigenvalue weighted by Gasteiger charge is 2.35. The molecule has 1 rings (SSSR count). The van der Waals surface area contributed by atoms with Crippen molar-refractivity contribution in [3.05, 3.63) is 29.8 Å². The summed E-state index contributed by atoms with van der Waals surface area (Å²) < 4.78 is 0. The predicted molar refractivity (Wildman–Crippen MR) is 199 cm³/mol. The van der Waals surface area contributed by atoms with E-state index in [4.69, 9.17) is 21.7 Å². The molecular formula is C33H50N8O15S. The van der Waals surface area contributed by atoms with Gasteiger partial charge in [0.25, 0.3) is 0 Å². The molecule has 0 heterocycles. The van der Waals surface area contributed by atoms with Crippen LogP contribution in [0.4, 0.5) is 0 Å². The Kier molecular flexibility index (Phi) is 21.6. The summed E-state index contributed by atoms with van der Waals surface area (Å²) in [6.07, 6.45) is -1.95. The zero-order valence-corrected chi connectivity index (χ0v) is 31.8. The Morgan fingerprint density at radius 3 is 1.65 bits per heavy atom. The highest BCUT2D eigenvalue weighted by Crippen LogP contribution is 2.13. The number of nitrogens with two attached hydrogens (primary N) is 2. The lowest BCUT2D eigenvalue weighted by Gasteiger charge is -2.28. The number of aliphatic hydroxyl groups is 3. The van der Waals surface area contributed by atoms with Crippen molar-refractivity contribution in [1.82, 2.24) is 31.9 Å². The number of benzene rings is 1. The molecule has 0 fully saturated rings. The summed E-state index contributed by atoms with van der Waals surface area (Å²) in [6, 6.07) is -6.10. The van der Waals surface area contributed by atoms with E-state index in [0.29, 0.717) is 5.56 Å². The smallest absolute Gasteiger partial charge is 0.328 e. The first-order valence-corrected chi connectivity index (χ1v) is 18.6. The number of hydrogen-bond donors (Lipinski definition) is 14. The zero-order valence-electron chi connectivity index (χ0n) is 31.0. The van der Waals surface area contributed by atoms with Gasteiger partial charge in [0.2, 0.25) is 41.4 Å². The van der Waals surface area contributed by atoms with Gasteiger partial charge >= 0.3 is 11.9 Å². The highest BCUT2D eigenvalue weighted by molar-refractivity contribution is 7.98. The minimum atomic E-state index is -1.80. The van der Waals surface area contributed by atoms with Gasteiger partial charge in [0.05, 0.1) is 31.8 Å². The average Bonchev–Trinajstić information content (AvgIpc) is 3.14. The minimum absolute atomic E-state index is 0.0570. The monoisotopic (exact) mass is 830 g/mol. The fourth-order valence-corrected chi connectivity index (χ4v) is 5.29. The van der Waals surface area contributed by atoms with Gasteiger partial charge < -0.3 is 74.0 Å². The Morgan fingerprint density at radius 1 is 0.684 bits per heavy atom. The second kappa shape index (κ2) is 24.8. The van der Waals surface area contributed by atoms with Crippen LogP contribution in [0.1, 0.15) is 38.2 Å². The van der Waals surface area contributed by atoms with E-state index < -0.39 is 134 Å². The molecule has 0 radical (unpaired) electrons. The number of thioether (sulfide) groups is 1. The number of carbonyl (C=O) groups excluding carboxylic acids is 7. The van der Waals surface area contributed by atoms with Crippen molar-refractivity contribution in [2.75, 3.05) is 25.2 Å². The number of phenols is 1. The lowest BCUT2D eigenvalue weighted by Crippen LogP contribution is -2.61. The first-order chi connectivity index (χ1) is 26.7. The van der Waals surface area contributed by atoms with E-state index >= 15 is 0 Å². The van der Waals surface area contributed by atoms with Crippen LogP contribution >= 0.6 is 11.8 Å². The molecule has 0 spiro atoms. The lowest BCUT2D eigenvalue weighted by atomic mass is 10.0. The number of nitrogens with one attached hydrogen (secondary N) is 6. The summed E-state index contributed by atoms with van der Waals surface area (Å²) in [7, 11) is 0. The molecule has 0 unspecified atom stereocenters. The summed E-state index contributed by atoms with van der Waals surface area (Å²) in [5, 5.41) is 70.5. The normalized spacial score (nSPS) is 15.1. The van der Waals surface area contributed by atoms with Gasteiger partial charge in [-0.3, -0.25) is 38.4 Å². The van der Waals surface area contributed by atoms with Crippen molar-refractivity contribution in [2.24, 2.45) is 11.5 Å². The zero-order chi connectivity index (χ0) is 43.4. The molecule has 0 aromatic heterocycles. The molecule has 1 aromatic carbocycles. The van der Waals surface area contributed by atoms with Crippen molar-refractivity contribution in [1.29, 1.82) is 0 Å². The molecule has 0 aliphatic heterocycles. The highest BCUT2D eigenvalue weighted by atomic mass is 32.2. The standard InChI is InChI=1S/C33H50N8O15S/c1-15(44)26(41-27(49)18(34)12-25(47)48)32(54)37-20(9-10-57-2)29(51)38-21(11-16-3-5-17(45)6-4-16)30(52)36-19(7-8-24(35)46)28(50)39-22(13-42)31(53)40-23(14-43)33(55)56/h3-6,15,18-23,26,42-45H,7-14,34H2,1-2H3,(H2,35,46)(H,36,52)(H,37,54)(H,38,51)(H,39,50)(H,40,53)(H,41,49)(H,47,48)(H,55,56)/t15-,18+,19+,20+,21+,22+,23+,26+/m1/s1. The van der Waals surface area contributed by atoms with Gasteiger partial charge in [-0.25, -0.2) is 4.79 Å². The van der Waals surface area contributed by atoms with E-state index in [1.807, 2.05) is 5.32 Å². The number of carbonyl (C=O) groups is 9. The molecule has 16 N–H and O–H groups in total. The SMILES string of the molecule is CSCC[C@H](NC(=O)[C@@H](NC(=O)[C@@H](N)CC(=O)O)[C@@H](C)O)C(=O)N[C@@H](Cc1ccc(O)cc1)C(=O)N[C@@H](CCC(N)=O)C(=O)N[C@@H](CO)C(=O)N[C@@H](CO)C(=O)O. The van der Waals surface area contributed by atoms with Crippen LogP contribution in [-0.4, -0.2) is 158 Å². The molecule has 0 aliphatic rings. The van der Waals surface area contributed by atoms with Gasteiger partial charge in [-0.2, -0.15) is 11.8 Å². The third-order valence-corrected chi connectivity index (χ3v) is 8.62. The molecule has 8 atom stereocenters. The molecule has 23 nitrogen and oxygen atoms in total. The summed E-state index contributed by atoms with van der Waals surface area (Å²) in [5.74, 6) is -10.3. The van der Waals surface area contributed by atoms with Gasteiger partial charge in [-0.15, -0.1) is 0 Å². The Morgan fingerprint density at radius 2 is 1.16 bits per heavy atom. The Bertz CT molecular complexity index is 1580. The van der Waals surface area contributed by atoms with Crippen LogP contribution in [0, 0.1) is 0 Å². The summed E-state index contributed by atoms with van der Waals surface area (Å²) in [4.78, 5) is 113. The maximum atomic E-state index is 13.9. The van der Waals surface area contributed by atoms with Crippen molar-refractivity contribution < 1.29 is 73.8 Å². The molecular weight excluding hydrogens is 780 g/mol. The van der Waals surface area contributed by atoms with Crippen molar-refractivity contribution in [3.8, 4) is 5.75 Å². The topological polar surface area (TPSA) is 399 Å². The number of phenolic OH excluding ortho intramolecular Hbond substituents is 1. The van der Waals surface area contributed by atoms with Crippen LogP contribution in [-0.2, 0) is 49.6 Å². The molecule has 0 saturated heterocycles. The lowest BCUT2D eigenvalue weighted by molar-refractivity contribution is -0.143. The molecule has 0 aliphatic carbocycles. The largest absolute Gasteiger partial charge is 0.508 e. The number of primary amides is 1. The van der Waals surface area contributed by atoms with E-state index in [2.05, 4.69) is 26.6 Å². The van der Waals surface area contributed by atoms with E-state index in [1.165, 1.54) is 36.0 Å². The third kappa shape index (κ3) is 17.8. The van der Waals surface area contributed by atoms with E-state index in [0.717, 1.165) is 6.92 Å². The van der Waals surface area contributed by atoms with E-state index in [-0.39, 0.29) is 24.3 Å². The third-order valence-electron chi connectivity index (χ3n) is 7.97. The van der Waals surface area contributed by atoms with Crippen molar-refractivity contribution in [2.45, 2.75) is 87.4 Å². The van der Waals surface area contributed by atoms with Gasteiger partial charge in [-0.1, -0.05) is 12.1 Å². The fourth-order valence-electron chi connectivity index (χ4n) is 4.81.